The van der Waals surface area contributed by atoms with E-state index in [0.29, 0.717) is 13.2 Å². The summed E-state index contributed by atoms with van der Waals surface area (Å²) in [5, 5.41) is 5.84. The molecule has 118 valence electrons. The number of benzene rings is 1. The van der Waals surface area contributed by atoms with Crippen LogP contribution in [-0.2, 0) is 9.53 Å². The van der Waals surface area contributed by atoms with Gasteiger partial charge in [0.15, 0.2) is 0 Å². The molecule has 0 radical (unpaired) electrons. The van der Waals surface area contributed by atoms with Crippen molar-refractivity contribution in [2.24, 2.45) is 16.0 Å². The average Bonchev–Trinajstić information content (AvgIpc) is 2.77. The molecule has 2 rings (SSSR count). The van der Waals surface area contributed by atoms with Crippen LogP contribution >= 0.6 is 15.9 Å². The number of hydrazone groups is 1. The van der Waals surface area contributed by atoms with Crippen LogP contribution in [-0.4, -0.2) is 38.1 Å². The van der Waals surface area contributed by atoms with Gasteiger partial charge in [-0.2, -0.15) is 10.1 Å². The quantitative estimate of drug-likeness (QED) is 0.574. The summed E-state index contributed by atoms with van der Waals surface area (Å²) in [7, 11) is 1.67. The van der Waals surface area contributed by atoms with Gasteiger partial charge in [-0.1, -0.05) is 15.9 Å². The second-order valence-corrected chi connectivity index (χ2v) is 6.06. The molecule has 0 bridgehead atoms. The van der Waals surface area contributed by atoms with E-state index in [0.717, 1.165) is 27.9 Å². The van der Waals surface area contributed by atoms with Gasteiger partial charge >= 0.3 is 0 Å². The molecule has 1 atom stereocenters. The molecule has 5 nitrogen and oxygen atoms in total. The third kappa shape index (κ3) is 3.81. The number of nitrogens with zero attached hydrogens (tertiary/aromatic N) is 3. The number of ether oxygens (including phenoxy) is 1. The van der Waals surface area contributed by atoms with Crippen molar-refractivity contribution >= 4 is 39.5 Å². The van der Waals surface area contributed by atoms with Crippen LogP contribution in [0.1, 0.15) is 18.9 Å². The van der Waals surface area contributed by atoms with Crippen LogP contribution in [0.25, 0.3) is 0 Å². The minimum atomic E-state index is -0.369. The van der Waals surface area contributed by atoms with Gasteiger partial charge in [0.2, 0.25) is 0 Å². The number of aliphatic imine (C=N–C) groups is 1. The highest BCUT2D eigenvalue weighted by atomic mass is 79.9. The molecule has 1 aromatic carbocycles. The monoisotopic (exact) mass is 365 g/mol. The summed E-state index contributed by atoms with van der Waals surface area (Å²) in [5.41, 5.74) is 2.61. The Labute approximate surface area is 139 Å². The maximum Gasteiger partial charge on any atom is 0.261 e. The Bertz CT molecular complexity index is 613. The van der Waals surface area contributed by atoms with Gasteiger partial charge in [0.1, 0.15) is 5.92 Å². The number of aryl methyl sites for hydroxylation is 1. The van der Waals surface area contributed by atoms with Crippen molar-refractivity contribution < 1.29 is 9.53 Å². The lowest BCUT2D eigenvalue weighted by molar-refractivity contribution is -0.118. The predicted octanol–water partition coefficient (Wildman–Crippen LogP) is 3.20. The number of amides is 1. The fraction of sp³-hybridized carbons (Fsp3) is 0.438. The van der Waals surface area contributed by atoms with Crippen LogP contribution in [0.15, 0.2) is 32.8 Å². The summed E-state index contributed by atoms with van der Waals surface area (Å²) in [5.74, 6) is -0.429. The van der Waals surface area contributed by atoms with E-state index in [-0.39, 0.29) is 11.8 Å². The molecule has 6 heteroatoms. The Morgan fingerprint density at radius 1 is 1.45 bits per heavy atom. The SMILES string of the molecule is COCCCN=CC1C(=O)N(c2ccc(Br)c(C)c2)N=C1C. The Hall–Kier alpha value is -1.53. The highest BCUT2D eigenvalue weighted by Gasteiger charge is 2.33. The summed E-state index contributed by atoms with van der Waals surface area (Å²) in [6.07, 6.45) is 2.54. The summed E-state index contributed by atoms with van der Waals surface area (Å²) in [6.45, 7) is 5.17. The second-order valence-electron chi connectivity index (χ2n) is 5.20. The number of anilines is 1. The zero-order valence-electron chi connectivity index (χ0n) is 13.0. The van der Waals surface area contributed by atoms with Crippen LogP contribution in [0.4, 0.5) is 5.69 Å². The summed E-state index contributed by atoms with van der Waals surface area (Å²) >= 11 is 3.46. The number of rotatable bonds is 6. The first-order valence-electron chi connectivity index (χ1n) is 7.18. The number of methoxy groups -OCH3 is 1. The third-order valence-electron chi connectivity index (χ3n) is 3.46. The van der Waals surface area contributed by atoms with E-state index < -0.39 is 0 Å². The highest BCUT2D eigenvalue weighted by Crippen LogP contribution is 2.27. The fourth-order valence-electron chi connectivity index (χ4n) is 2.18. The first kappa shape index (κ1) is 16.8. The molecule has 1 heterocycles. The van der Waals surface area contributed by atoms with E-state index in [1.165, 1.54) is 5.01 Å². The molecule has 0 aromatic heterocycles. The van der Waals surface area contributed by atoms with Gasteiger partial charge in [-0.3, -0.25) is 9.79 Å². The lowest BCUT2D eigenvalue weighted by Crippen LogP contribution is -2.28. The van der Waals surface area contributed by atoms with Crippen molar-refractivity contribution in [1.29, 1.82) is 0 Å². The lowest BCUT2D eigenvalue weighted by atomic mass is 10.1. The molecular weight excluding hydrogens is 346 g/mol. The normalized spacial score (nSPS) is 18.4. The fourth-order valence-corrected chi connectivity index (χ4v) is 2.42. The first-order valence-corrected chi connectivity index (χ1v) is 7.98. The van der Waals surface area contributed by atoms with Gasteiger partial charge in [-0.25, -0.2) is 0 Å². The van der Waals surface area contributed by atoms with Crippen LogP contribution in [0, 0.1) is 12.8 Å². The third-order valence-corrected chi connectivity index (χ3v) is 4.35. The Morgan fingerprint density at radius 2 is 2.23 bits per heavy atom. The van der Waals surface area contributed by atoms with Crippen LogP contribution < -0.4 is 5.01 Å². The molecule has 1 amide bonds. The first-order chi connectivity index (χ1) is 10.5. The number of hydrogen-bond acceptors (Lipinski definition) is 4. The second kappa shape index (κ2) is 7.65. The van der Waals surface area contributed by atoms with Crippen molar-refractivity contribution in [2.45, 2.75) is 20.3 Å². The van der Waals surface area contributed by atoms with E-state index in [4.69, 9.17) is 4.74 Å². The zero-order chi connectivity index (χ0) is 16.1. The van der Waals surface area contributed by atoms with Crippen molar-refractivity contribution in [2.75, 3.05) is 25.3 Å². The maximum absolute atomic E-state index is 12.5. The maximum atomic E-state index is 12.5. The predicted molar refractivity (Wildman–Crippen MR) is 92.8 cm³/mol. The molecule has 1 aliphatic rings. The van der Waals surface area contributed by atoms with Crippen LogP contribution in [0.2, 0.25) is 0 Å². The van der Waals surface area contributed by atoms with Gasteiger partial charge in [-0.05, 0) is 44.0 Å². The summed E-state index contributed by atoms with van der Waals surface area (Å²) in [6, 6.07) is 5.75. The van der Waals surface area contributed by atoms with Crippen molar-refractivity contribution in [3.05, 3.63) is 28.2 Å². The summed E-state index contributed by atoms with van der Waals surface area (Å²) < 4.78 is 5.99. The molecule has 1 aliphatic heterocycles. The van der Waals surface area contributed by atoms with E-state index in [1.807, 2.05) is 32.0 Å². The number of hydrogen-bond donors (Lipinski definition) is 0. The summed E-state index contributed by atoms with van der Waals surface area (Å²) in [4.78, 5) is 16.8. The Kier molecular flexibility index (Phi) is 5.85. The molecule has 0 N–H and O–H groups in total. The average molecular weight is 366 g/mol. The van der Waals surface area contributed by atoms with E-state index in [2.05, 4.69) is 26.0 Å². The standard InChI is InChI=1S/C16H20BrN3O2/c1-11-9-13(5-6-15(11)17)20-16(21)14(12(2)19-20)10-18-7-4-8-22-3/h5-6,9-10,14H,4,7-8H2,1-3H3. The molecule has 0 saturated heterocycles. The zero-order valence-corrected chi connectivity index (χ0v) is 14.6. The number of halogens is 1. The Balaban J connectivity index is 2.08. The lowest BCUT2D eigenvalue weighted by Gasteiger charge is -2.14. The van der Waals surface area contributed by atoms with Gasteiger partial charge in [0.05, 0.1) is 11.4 Å². The van der Waals surface area contributed by atoms with Gasteiger partial charge < -0.3 is 4.74 Å². The molecule has 0 saturated carbocycles. The van der Waals surface area contributed by atoms with Crippen molar-refractivity contribution in [3.63, 3.8) is 0 Å². The van der Waals surface area contributed by atoms with Gasteiger partial charge in [0, 0.05) is 30.9 Å². The molecule has 0 fully saturated rings. The number of carbonyl (C=O) groups excluding carboxylic acids is 1. The topological polar surface area (TPSA) is 54.3 Å². The molecule has 0 spiro atoms. The van der Waals surface area contributed by atoms with Crippen LogP contribution in [0.3, 0.4) is 0 Å². The van der Waals surface area contributed by atoms with Crippen molar-refractivity contribution in [3.8, 4) is 0 Å². The van der Waals surface area contributed by atoms with Crippen LogP contribution in [0.5, 0.6) is 0 Å². The molecular formula is C16H20BrN3O2. The highest BCUT2D eigenvalue weighted by molar-refractivity contribution is 9.10. The minimum absolute atomic E-state index is 0.0605. The molecule has 1 unspecified atom stereocenters. The van der Waals surface area contributed by atoms with E-state index in [9.17, 15) is 4.79 Å². The van der Waals surface area contributed by atoms with Crippen molar-refractivity contribution in [1.82, 2.24) is 0 Å². The largest absolute Gasteiger partial charge is 0.385 e. The molecule has 22 heavy (non-hydrogen) atoms. The Morgan fingerprint density at radius 3 is 2.91 bits per heavy atom. The van der Waals surface area contributed by atoms with Gasteiger partial charge in [-0.15, -0.1) is 0 Å². The minimum Gasteiger partial charge on any atom is -0.385 e. The van der Waals surface area contributed by atoms with Gasteiger partial charge in [0.25, 0.3) is 5.91 Å². The van der Waals surface area contributed by atoms with E-state index in [1.54, 1.807) is 13.3 Å². The smallest absolute Gasteiger partial charge is 0.261 e. The number of carbonyl (C=O) groups is 1. The molecule has 0 aliphatic carbocycles. The van der Waals surface area contributed by atoms with E-state index >= 15 is 0 Å². The molecule has 1 aromatic rings.